The summed E-state index contributed by atoms with van der Waals surface area (Å²) < 4.78 is 11.5. The Labute approximate surface area is 136 Å². The molecule has 0 aliphatic heterocycles. The van der Waals surface area contributed by atoms with Gasteiger partial charge in [-0.1, -0.05) is 23.4 Å². The molecule has 0 saturated heterocycles. The summed E-state index contributed by atoms with van der Waals surface area (Å²) in [6, 6.07) is 9.77. The van der Waals surface area contributed by atoms with Gasteiger partial charge in [0.15, 0.2) is 5.82 Å². The van der Waals surface area contributed by atoms with E-state index in [-0.39, 0.29) is 0 Å². The molecule has 0 fully saturated rings. The van der Waals surface area contributed by atoms with E-state index in [2.05, 4.69) is 24.1 Å². The molecule has 0 atom stereocenters. The Balaban J connectivity index is 1.49. The number of imidazole rings is 1. The van der Waals surface area contributed by atoms with E-state index in [4.69, 9.17) is 4.52 Å². The topological polar surface area (TPSA) is 69.6 Å². The van der Waals surface area contributed by atoms with Crippen molar-refractivity contribution in [3.63, 3.8) is 0 Å². The third-order valence-electron chi connectivity index (χ3n) is 3.47. The molecule has 23 heavy (non-hydrogen) atoms. The summed E-state index contributed by atoms with van der Waals surface area (Å²) in [5.41, 5.74) is 1.96. The minimum Gasteiger partial charge on any atom is -0.334 e. The van der Waals surface area contributed by atoms with E-state index >= 15 is 0 Å². The quantitative estimate of drug-likeness (QED) is 0.563. The third kappa shape index (κ3) is 2.91. The minimum absolute atomic E-state index is 0.550. The molecule has 0 amide bonds. The molecular formula is C16H13N5OS. The van der Waals surface area contributed by atoms with Crippen LogP contribution in [0.1, 0.15) is 5.82 Å². The summed E-state index contributed by atoms with van der Waals surface area (Å²) in [6.45, 7) is 0.735. The lowest BCUT2D eigenvalue weighted by molar-refractivity contribution is 0.420. The zero-order valence-corrected chi connectivity index (χ0v) is 13.0. The summed E-state index contributed by atoms with van der Waals surface area (Å²) in [7, 11) is 0. The second-order valence-electron chi connectivity index (χ2n) is 4.99. The molecule has 4 aromatic rings. The predicted octanol–water partition coefficient (Wildman–Crippen LogP) is 3.30. The average Bonchev–Trinajstić information content (AvgIpc) is 3.33. The lowest BCUT2D eigenvalue weighted by Crippen LogP contribution is -2.03. The van der Waals surface area contributed by atoms with Gasteiger partial charge >= 0.3 is 0 Å². The largest absolute Gasteiger partial charge is 0.334 e. The van der Waals surface area contributed by atoms with Gasteiger partial charge < -0.3 is 9.09 Å². The predicted molar refractivity (Wildman–Crippen MR) is 86.8 cm³/mol. The summed E-state index contributed by atoms with van der Waals surface area (Å²) in [5.74, 6) is 2.14. The van der Waals surface area contributed by atoms with Gasteiger partial charge in [-0.25, -0.2) is 9.36 Å². The van der Waals surface area contributed by atoms with Gasteiger partial charge in [-0.2, -0.15) is 4.98 Å². The molecule has 0 aliphatic carbocycles. The molecule has 0 radical (unpaired) electrons. The Morgan fingerprint density at radius 2 is 2.04 bits per heavy atom. The zero-order chi connectivity index (χ0) is 15.5. The number of aromatic nitrogens is 5. The van der Waals surface area contributed by atoms with E-state index in [1.807, 2.05) is 48.1 Å². The first-order chi connectivity index (χ1) is 11.4. The SMILES string of the molecule is c1ccc(-c2nc(CCn3ccnc3-c3cnsc3)no2)cc1. The summed E-state index contributed by atoms with van der Waals surface area (Å²) in [4.78, 5) is 8.84. The van der Waals surface area contributed by atoms with Gasteiger partial charge in [-0.15, -0.1) is 0 Å². The number of hydrogen-bond donors (Lipinski definition) is 0. The molecule has 114 valence electrons. The van der Waals surface area contributed by atoms with Gasteiger partial charge in [0.05, 0.1) is 6.20 Å². The fourth-order valence-electron chi connectivity index (χ4n) is 2.34. The van der Waals surface area contributed by atoms with Crippen molar-refractivity contribution in [2.75, 3.05) is 0 Å². The molecule has 0 aliphatic rings. The van der Waals surface area contributed by atoms with Crippen LogP contribution in [0.5, 0.6) is 0 Å². The number of nitrogens with zero attached hydrogens (tertiary/aromatic N) is 5. The van der Waals surface area contributed by atoms with E-state index < -0.39 is 0 Å². The van der Waals surface area contributed by atoms with Crippen molar-refractivity contribution in [3.8, 4) is 22.8 Å². The number of hydrogen-bond acceptors (Lipinski definition) is 6. The smallest absolute Gasteiger partial charge is 0.257 e. The Bertz CT molecular complexity index is 882. The second kappa shape index (κ2) is 6.13. The van der Waals surface area contributed by atoms with Crippen LogP contribution >= 0.6 is 11.5 Å². The van der Waals surface area contributed by atoms with Crippen molar-refractivity contribution in [1.29, 1.82) is 0 Å². The Hall–Kier alpha value is -2.80. The zero-order valence-electron chi connectivity index (χ0n) is 12.2. The van der Waals surface area contributed by atoms with Gasteiger partial charge in [0, 0.05) is 41.9 Å². The highest BCUT2D eigenvalue weighted by atomic mass is 32.1. The number of aryl methyl sites for hydroxylation is 2. The van der Waals surface area contributed by atoms with Crippen LogP contribution in [-0.2, 0) is 13.0 Å². The molecule has 3 aromatic heterocycles. The highest BCUT2D eigenvalue weighted by Gasteiger charge is 2.11. The Morgan fingerprint density at radius 1 is 1.13 bits per heavy atom. The van der Waals surface area contributed by atoms with E-state index in [1.54, 1.807) is 6.20 Å². The first kappa shape index (κ1) is 13.8. The molecule has 0 unspecified atom stereocenters. The van der Waals surface area contributed by atoms with Crippen LogP contribution in [0.4, 0.5) is 0 Å². The minimum atomic E-state index is 0.550. The van der Waals surface area contributed by atoms with Crippen LogP contribution in [0.15, 0.2) is 58.8 Å². The third-order valence-corrected chi connectivity index (χ3v) is 4.06. The van der Waals surface area contributed by atoms with Crippen molar-refractivity contribution < 1.29 is 4.52 Å². The van der Waals surface area contributed by atoms with E-state index in [9.17, 15) is 0 Å². The molecule has 3 heterocycles. The Kier molecular flexibility index (Phi) is 3.69. The van der Waals surface area contributed by atoms with E-state index in [1.165, 1.54) is 11.5 Å². The van der Waals surface area contributed by atoms with Crippen LogP contribution in [0.25, 0.3) is 22.8 Å². The summed E-state index contributed by atoms with van der Waals surface area (Å²) in [5, 5.41) is 6.04. The van der Waals surface area contributed by atoms with Gasteiger partial charge in [-0.05, 0) is 23.7 Å². The standard InChI is InChI=1S/C16H13N5OS/c1-2-4-12(5-3-1)16-19-14(20-22-16)6-8-21-9-7-17-15(21)13-10-18-23-11-13/h1-5,7,9-11H,6,8H2. The fraction of sp³-hybridized carbons (Fsp3) is 0.125. The second-order valence-corrected chi connectivity index (χ2v) is 5.65. The van der Waals surface area contributed by atoms with Crippen molar-refractivity contribution in [1.82, 2.24) is 24.1 Å². The summed E-state index contributed by atoms with van der Waals surface area (Å²) in [6.07, 6.45) is 6.24. The van der Waals surface area contributed by atoms with E-state index in [0.29, 0.717) is 18.1 Å². The highest BCUT2D eigenvalue weighted by Crippen LogP contribution is 2.19. The molecule has 6 nitrogen and oxygen atoms in total. The van der Waals surface area contributed by atoms with Crippen LogP contribution < -0.4 is 0 Å². The maximum atomic E-state index is 5.33. The van der Waals surface area contributed by atoms with Gasteiger partial charge in [0.2, 0.25) is 0 Å². The van der Waals surface area contributed by atoms with Gasteiger partial charge in [0.25, 0.3) is 5.89 Å². The highest BCUT2D eigenvalue weighted by molar-refractivity contribution is 7.03. The lowest BCUT2D eigenvalue weighted by atomic mass is 10.2. The van der Waals surface area contributed by atoms with Crippen LogP contribution in [0.2, 0.25) is 0 Å². The number of benzene rings is 1. The van der Waals surface area contributed by atoms with E-state index in [0.717, 1.165) is 23.5 Å². The molecule has 7 heteroatoms. The Morgan fingerprint density at radius 3 is 2.87 bits per heavy atom. The van der Waals surface area contributed by atoms with Crippen molar-refractivity contribution in [2.45, 2.75) is 13.0 Å². The fourth-order valence-corrected chi connectivity index (χ4v) is 2.85. The summed E-state index contributed by atoms with van der Waals surface area (Å²) >= 11 is 1.42. The molecule has 0 bridgehead atoms. The van der Waals surface area contributed by atoms with Crippen LogP contribution in [-0.4, -0.2) is 24.1 Å². The van der Waals surface area contributed by atoms with Crippen LogP contribution in [0.3, 0.4) is 0 Å². The molecule has 1 aromatic carbocycles. The monoisotopic (exact) mass is 323 g/mol. The molecule has 0 spiro atoms. The van der Waals surface area contributed by atoms with Crippen molar-refractivity contribution >= 4 is 11.5 Å². The normalized spacial score (nSPS) is 11.0. The number of rotatable bonds is 5. The molecule has 4 rings (SSSR count). The molecular weight excluding hydrogens is 310 g/mol. The van der Waals surface area contributed by atoms with Crippen LogP contribution in [0, 0.1) is 0 Å². The van der Waals surface area contributed by atoms with Crippen molar-refractivity contribution in [3.05, 3.63) is 60.1 Å². The van der Waals surface area contributed by atoms with Gasteiger partial charge in [-0.3, -0.25) is 0 Å². The first-order valence-corrected chi connectivity index (χ1v) is 8.03. The molecule has 0 saturated carbocycles. The maximum absolute atomic E-state index is 5.33. The lowest BCUT2D eigenvalue weighted by Gasteiger charge is -2.03. The average molecular weight is 323 g/mol. The molecule has 0 N–H and O–H groups in total. The first-order valence-electron chi connectivity index (χ1n) is 7.19. The maximum Gasteiger partial charge on any atom is 0.257 e. The van der Waals surface area contributed by atoms with Crippen molar-refractivity contribution in [2.24, 2.45) is 0 Å². The van der Waals surface area contributed by atoms with Gasteiger partial charge in [0.1, 0.15) is 5.82 Å².